The molecule has 1 heteroatoms. The molecule has 0 amide bonds. The second-order valence-corrected chi connectivity index (χ2v) is 8.26. The summed E-state index contributed by atoms with van der Waals surface area (Å²) in [6, 6.07) is 32.9. The first-order chi connectivity index (χ1) is 11.3. The molecule has 0 saturated heterocycles. The van der Waals surface area contributed by atoms with Crippen LogP contribution in [0.4, 0.5) is 0 Å². The molecule has 0 radical (unpaired) electrons. The Bertz CT molecular complexity index is 652. The molecule has 3 aromatic rings. The second-order valence-electron chi connectivity index (χ2n) is 5.92. The predicted octanol–water partition coefficient (Wildman–Crippen LogP) is 5.31. The van der Waals surface area contributed by atoms with Crippen molar-refractivity contribution < 1.29 is 0 Å². The Morgan fingerprint density at radius 3 is 1.57 bits per heavy atom. The predicted molar refractivity (Wildman–Crippen MR) is 103 cm³/mol. The lowest BCUT2D eigenvalue weighted by atomic mass is 9.99. The van der Waals surface area contributed by atoms with Crippen molar-refractivity contribution in [1.29, 1.82) is 0 Å². The van der Waals surface area contributed by atoms with Crippen molar-refractivity contribution in [2.45, 2.75) is 19.3 Å². The van der Waals surface area contributed by atoms with Gasteiger partial charge in [0.05, 0.1) is 0 Å². The standard InChI is InChI=1S/C22H23P/c1-19(20-11-5-2-6-12-20)17-18-23(21-13-7-3-8-14-21)22-15-9-4-10-16-22/h2-16,19H,17-18H2,1H3/t19-/m1/s1. The van der Waals surface area contributed by atoms with Gasteiger partial charge in [-0.15, -0.1) is 0 Å². The monoisotopic (exact) mass is 318 g/mol. The van der Waals surface area contributed by atoms with Gasteiger partial charge in [-0.1, -0.05) is 97.9 Å². The molecule has 0 N–H and O–H groups in total. The van der Waals surface area contributed by atoms with Gasteiger partial charge in [0.2, 0.25) is 0 Å². The molecule has 1 atom stereocenters. The zero-order chi connectivity index (χ0) is 15.9. The van der Waals surface area contributed by atoms with Crippen molar-refractivity contribution in [2.24, 2.45) is 0 Å². The molecule has 3 rings (SSSR count). The quantitative estimate of drug-likeness (QED) is 0.540. The van der Waals surface area contributed by atoms with Crippen LogP contribution in [0.5, 0.6) is 0 Å². The van der Waals surface area contributed by atoms with Crippen LogP contribution in [-0.4, -0.2) is 6.16 Å². The fraction of sp³-hybridized carbons (Fsp3) is 0.182. The van der Waals surface area contributed by atoms with E-state index in [0.717, 1.165) is 0 Å². The third-order valence-corrected chi connectivity index (χ3v) is 6.84. The molecule has 0 saturated carbocycles. The van der Waals surface area contributed by atoms with Crippen LogP contribution in [0.25, 0.3) is 0 Å². The average molecular weight is 318 g/mol. The molecule has 0 aliphatic rings. The van der Waals surface area contributed by atoms with Crippen molar-refractivity contribution in [3.05, 3.63) is 96.6 Å². The summed E-state index contributed by atoms with van der Waals surface area (Å²) in [6.07, 6.45) is 2.46. The van der Waals surface area contributed by atoms with E-state index in [0.29, 0.717) is 5.92 Å². The van der Waals surface area contributed by atoms with E-state index in [4.69, 9.17) is 0 Å². The van der Waals surface area contributed by atoms with Gasteiger partial charge in [0.1, 0.15) is 0 Å². The summed E-state index contributed by atoms with van der Waals surface area (Å²) >= 11 is 0. The van der Waals surface area contributed by atoms with Crippen molar-refractivity contribution in [3.8, 4) is 0 Å². The molecule has 0 aromatic heterocycles. The van der Waals surface area contributed by atoms with Crippen molar-refractivity contribution in [2.75, 3.05) is 6.16 Å². The average Bonchev–Trinajstić information content (AvgIpc) is 2.64. The SMILES string of the molecule is C[C@H](CCP(c1ccccc1)c1ccccc1)c1ccccc1. The summed E-state index contributed by atoms with van der Waals surface area (Å²) in [5, 5.41) is 2.96. The van der Waals surface area contributed by atoms with Crippen LogP contribution in [0.3, 0.4) is 0 Å². The Morgan fingerprint density at radius 1 is 0.652 bits per heavy atom. The normalized spacial score (nSPS) is 12.3. The molecular formula is C22H23P. The molecule has 23 heavy (non-hydrogen) atoms. The number of rotatable bonds is 6. The number of hydrogen-bond acceptors (Lipinski definition) is 0. The molecule has 0 heterocycles. The second kappa shape index (κ2) is 8.09. The molecule has 0 bridgehead atoms. The summed E-state index contributed by atoms with van der Waals surface area (Å²) in [4.78, 5) is 0. The fourth-order valence-electron chi connectivity index (χ4n) is 2.89. The van der Waals surface area contributed by atoms with Gasteiger partial charge in [-0.25, -0.2) is 0 Å². The van der Waals surface area contributed by atoms with Crippen LogP contribution in [0, 0.1) is 0 Å². The maximum atomic E-state index is 2.35. The molecular weight excluding hydrogens is 295 g/mol. The van der Waals surface area contributed by atoms with E-state index in [1.165, 1.54) is 28.8 Å². The Balaban J connectivity index is 1.77. The Hall–Kier alpha value is -1.91. The van der Waals surface area contributed by atoms with Crippen LogP contribution in [0.15, 0.2) is 91.0 Å². The van der Waals surface area contributed by atoms with Crippen LogP contribution >= 0.6 is 7.92 Å². The van der Waals surface area contributed by atoms with Crippen LogP contribution in [-0.2, 0) is 0 Å². The Labute approximate surface area is 141 Å². The van der Waals surface area contributed by atoms with E-state index in [9.17, 15) is 0 Å². The largest absolute Gasteiger partial charge is 0.0622 e. The lowest BCUT2D eigenvalue weighted by Gasteiger charge is -2.21. The van der Waals surface area contributed by atoms with E-state index in [1.54, 1.807) is 0 Å². The first kappa shape index (κ1) is 16.0. The van der Waals surface area contributed by atoms with E-state index in [-0.39, 0.29) is 7.92 Å². The van der Waals surface area contributed by atoms with E-state index in [1.807, 2.05) is 0 Å². The van der Waals surface area contributed by atoms with Gasteiger partial charge < -0.3 is 0 Å². The van der Waals surface area contributed by atoms with Gasteiger partial charge >= 0.3 is 0 Å². The topological polar surface area (TPSA) is 0 Å². The van der Waals surface area contributed by atoms with Gasteiger partial charge in [-0.05, 0) is 42.6 Å². The molecule has 0 aliphatic carbocycles. The first-order valence-electron chi connectivity index (χ1n) is 8.27. The van der Waals surface area contributed by atoms with Crippen molar-refractivity contribution >= 4 is 18.5 Å². The Morgan fingerprint density at radius 2 is 1.09 bits per heavy atom. The minimum Gasteiger partial charge on any atom is -0.0622 e. The van der Waals surface area contributed by atoms with Gasteiger partial charge in [0.25, 0.3) is 0 Å². The van der Waals surface area contributed by atoms with Gasteiger partial charge in [0.15, 0.2) is 0 Å². The van der Waals surface area contributed by atoms with Crippen LogP contribution in [0.2, 0.25) is 0 Å². The van der Waals surface area contributed by atoms with Crippen molar-refractivity contribution in [3.63, 3.8) is 0 Å². The molecule has 0 fully saturated rings. The van der Waals surface area contributed by atoms with E-state index in [2.05, 4.69) is 97.9 Å². The fourth-order valence-corrected chi connectivity index (χ4v) is 5.42. The third kappa shape index (κ3) is 4.30. The summed E-state index contributed by atoms with van der Waals surface area (Å²) in [7, 11) is -0.274. The smallest absolute Gasteiger partial charge is 0.0187 e. The van der Waals surface area contributed by atoms with Gasteiger partial charge in [-0.3, -0.25) is 0 Å². The van der Waals surface area contributed by atoms with E-state index < -0.39 is 0 Å². The highest BCUT2D eigenvalue weighted by Gasteiger charge is 2.15. The van der Waals surface area contributed by atoms with Crippen molar-refractivity contribution in [1.82, 2.24) is 0 Å². The lowest BCUT2D eigenvalue weighted by molar-refractivity contribution is 0.739. The summed E-state index contributed by atoms with van der Waals surface area (Å²) in [6.45, 7) is 2.35. The minimum absolute atomic E-state index is 0.274. The van der Waals surface area contributed by atoms with E-state index >= 15 is 0 Å². The highest BCUT2D eigenvalue weighted by atomic mass is 31.1. The van der Waals surface area contributed by atoms with Gasteiger partial charge in [0, 0.05) is 0 Å². The maximum Gasteiger partial charge on any atom is -0.0187 e. The number of hydrogen-bond donors (Lipinski definition) is 0. The lowest BCUT2D eigenvalue weighted by Crippen LogP contribution is -2.14. The zero-order valence-electron chi connectivity index (χ0n) is 13.6. The highest BCUT2D eigenvalue weighted by molar-refractivity contribution is 7.73. The molecule has 3 aromatic carbocycles. The molecule has 0 nitrogen and oxygen atoms in total. The zero-order valence-corrected chi connectivity index (χ0v) is 14.5. The minimum atomic E-state index is -0.274. The van der Waals surface area contributed by atoms with Gasteiger partial charge in [-0.2, -0.15) is 0 Å². The maximum absolute atomic E-state index is 2.35. The molecule has 0 spiro atoms. The highest BCUT2D eigenvalue weighted by Crippen LogP contribution is 2.36. The number of benzene rings is 3. The molecule has 0 aliphatic heterocycles. The molecule has 0 unspecified atom stereocenters. The molecule has 116 valence electrons. The van der Waals surface area contributed by atoms with Crippen LogP contribution in [0.1, 0.15) is 24.8 Å². The summed E-state index contributed by atoms with van der Waals surface area (Å²) in [5.74, 6) is 0.605. The van der Waals surface area contributed by atoms with Crippen LogP contribution < -0.4 is 10.6 Å². The first-order valence-corrected chi connectivity index (χ1v) is 9.80. The third-order valence-electron chi connectivity index (χ3n) is 4.29. The summed E-state index contributed by atoms with van der Waals surface area (Å²) in [5.41, 5.74) is 1.45. The Kier molecular flexibility index (Phi) is 5.61. The summed E-state index contributed by atoms with van der Waals surface area (Å²) < 4.78 is 0.